The highest BCUT2D eigenvalue weighted by atomic mass is 19.1. The molecule has 7 nitrogen and oxygen atoms in total. The molecule has 0 atom stereocenters. The van der Waals surface area contributed by atoms with Gasteiger partial charge < -0.3 is 10.6 Å². The van der Waals surface area contributed by atoms with Crippen molar-refractivity contribution in [1.82, 2.24) is 15.3 Å². The van der Waals surface area contributed by atoms with Crippen LogP contribution in [-0.4, -0.2) is 21.7 Å². The van der Waals surface area contributed by atoms with Crippen LogP contribution in [0.5, 0.6) is 0 Å². The second-order valence-electron chi connectivity index (χ2n) is 7.81. The van der Waals surface area contributed by atoms with Crippen molar-refractivity contribution in [2.24, 2.45) is 5.41 Å². The molecule has 0 unspecified atom stereocenters. The summed E-state index contributed by atoms with van der Waals surface area (Å²) in [6, 6.07) is 13.3. The summed E-state index contributed by atoms with van der Waals surface area (Å²) < 4.78 is 13.3. The topological polar surface area (TPSA) is 108 Å². The van der Waals surface area contributed by atoms with E-state index in [1.807, 2.05) is 30.3 Å². The maximum absolute atomic E-state index is 13.3. The lowest BCUT2D eigenvalue weighted by atomic mass is 9.95. The largest absolute Gasteiger partial charge is 0.354 e. The minimum absolute atomic E-state index is 0.130. The van der Waals surface area contributed by atoms with Gasteiger partial charge >= 0.3 is 0 Å². The molecule has 0 radical (unpaired) electrons. The van der Waals surface area contributed by atoms with E-state index in [-0.39, 0.29) is 23.7 Å². The van der Waals surface area contributed by atoms with Gasteiger partial charge in [-0.3, -0.25) is 9.59 Å². The molecule has 1 heterocycles. The van der Waals surface area contributed by atoms with Gasteiger partial charge in [0, 0.05) is 31.0 Å². The molecule has 1 saturated carbocycles. The summed E-state index contributed by atoms with van der Waals surface area (Å²) in [6.07, 6.45) is 5.79. The molecule has 2 N–H and O–H groups in total. The van der Waals surface area contributed by atoms with Gasteiger partial charge in [0.15, 0.2) is 5.78 Å². The van der Waals surface area contributed by atoms with Gasteiger partial charge in [-0.05, 0) is 48.7 Å². The second kappa shape index (κ2) is 8.94. The molecule has 1 fully saturated rings. The van der Waals surface area contributed by atoms with Gasteiger partial charge in [0.1, 0.15) is 18.2 Å². The van der Waals surface area contributed by atoms with Crippen LogP contribution in [0.4, 0.5) is 15.8 Å². The Kier molecular flexibility index (Phi) is 5.90. The van der Waals surface area contributed by atoms with Crippen molar-refractivity contribution in [1.29, 1.82) is 5.26 Å². The zero-order valence-electron chi connectivity index (χ0n) is 17.1. The lowest BCUT2D eigenvalue weighted by molar-refractivity contribution is -0.126. The number of Topliss-reactive ketones (excluding diaryl/α,β-unsaturated/α-hetero) is 1. The number of rotatable bonds is 8. The summed E-state index contributed by atoms with van der Waals surface area (Å²) in [4.78, 5) is 32.8. The van der Waals surface area contributed by atoms with Gasteiger partial charge in [0.2, 0.25) is 5.91 Å². The van der Waals surface area contributed by atoms with Crippen molar-refractivity contribution >= 4 is 23.1 Å². The number of nitrogens with zero attached hydrogens (tertiary/aromatic N) is 3. The fourth-order valence-corrected chi connectivity index (χ4v) is 3.44. The van der Waals surface area contributed by atoms with Crippen LogP contribution in [-0.2, 0) is 11.3 Å². The number of halogens is 1. The molecule has 0 saturated heterocycles. The monoisotopic (exact) mass is 429 g/mol. The zero-order chi connectivity index (χ0) is 22.6. The fraction of sp³-hybridized carbons (Fsp3) is 0.208. The van der Waals surface area contributed by atoms with Crippen molar-refractivity contribution in [3.05, 3.63) is 83.7 Å². The summed E-state index contributed by atoms with van der Waals surface area (Å²) in [6.45, 7) is 0.337. The molecule has 0 bridgehead atoms. The summed E-state index contributed by atoms with van der Waals surface area (Å²) in [5.41, 5.74) is 2.12. The van der Waals surface area contributed by atoms with Crippen molar-refractivity contribution in [3.8, 4) is 6.07 Å². The Morgan fingerprint density at radius 3 is 2.47 bits per heavy atom. The van der Waals surface area contributed by atoms with E-state index < -0.39 is 11.2 Å². The van der Waals surface area contributed by atoms with Crippen LogP contribution in [0.2, 0.25) is 0 Å². The molecule has 1 amide bonds. The first-order valence-electron chi connectivity index (χ1n) is 10.1. The molecular weight excluding hydrogens is 409 g/mol. The molecule has 8 heteroatoms. The Morgan fingerprint density at radius 2 is 1.81 bits per heavy atom. The first kappa shape index (κ1) is 21.1. The van der Waals surface area contributed by atoms with E-state index in [1.165, 1.54) is 36.9 Å². The van der Waals surface area contributed by atoms with E-state index in [2.05, 4.69) is 20.6 Å². The van der Waals surface area contributed by atoms with Crippen LogP contribution in [0.25, 0.3) is 0 Å². The fourth-order valence-electron chi connectivity index (χ4n) is 3.44. The molecule has 3 aromatic rings. The minimum Gasteiger partial charge on any atom is -0.354 e. The average Bonchev–Trinajstić information content (AvgIpc) is 3.60. The van der Waals surface area contributed by atoms with Crippen LogP contribution in [0.15, 0.2) is 61.2 Å². The van der Waals surface area contributed by atoms with E-state index in [0.29, 0.717) is 30.6 Å². The smallest absolute Gasteiger partial charge is 0.226 e. The third-order valence-corrected chi connectivity index (χ3v) is 5.50. The molecule has 2 aromatic carbocycles. The van der Waals surface area contributed by atoms with Crippen LogP contribution in [0.1, 0.15) is 40.7 Å². The Morgan fingerprint density at radius 1 is 1.09 bits per heavy atom. The average molecular weight is 429 g/mol. The van der Waals surface area contributed by atoms with Crippen LogP contribution < -0.4 is 10.6 Å². The van der Waals surface area contributed by atoms with E-state index in [4.69, 9.17) is 5.26 Å². The predicted molar refractivity (Wildman–Crippen MR) is 115 cm³/mol. The minimum atomic E-state index is -0.648. The van der Waals surface area contributed by atoms with Crippen LogP contribution in [0.3, 0.4) is 0 Å². The Bertz CT molecular complexity index is 1190. The number of aromatic nitrogens is 2. The Balaban J connectivity index is 1.33. The van der Waals surface area contributed by atoms with E-state index in [1.54, 1.807) is 0 Å². The van der Waals surface area contributed by atoms with E-state index >= 15 is 0 Å². The molecule has 32 heavy (non-hydrogen) atoms. The standard InChI is InChI=1S/C24H20FN5O2/c25-19-3-6-21(17(9-19)11-26)30-20-4-1-16(2-5-20)12-29-23(32)24(7-8-24)10-22(31)18-13-27-15-28-14-18/h1-6,9,13-15,30H,7-8,10,12H2,(H,29,32). The molecule has 1 aromatic heterocycles. The SMILES string of the molecule is N#Cc1cc(F)ccc1Nc1ccc(CNC(=O)C2(CC(=O)c3cncnc3)CC2)cc1. The molecule has 1 aliphatic rings. The quantitative estimate of drug-likeness (QED) is 0.526. The predicted octanol–water partition coefficient (Wildman–Crippen LogP) is 3.90. The molecule has 4 rings (SSSR count). The molecule has 160 valence electrons. The zero-order valence-corrected chi connectivity index (χ0v) is 17.1. The lowest BCUT2D eigenvalue weighted by Gasteiger charge is -2.15. The van der Waals surface area contributed by atoms with Crippen molar-refractivity contribution < 1.29 is 14.0 Å². The summed E-state index contributed by atoms with van der Waals surface area (Å²) in [5, 5.41) is 15.2. The maximum atomic E-state index is 13.3. The summed E-state index contributed by atoms with van der Waals surface area (Å²) in [5.74, 6) is -0.730. The van der Waals surface area contributed by atoms with Gasteiger partial charge in [-0.15, -0.1) is 0 Å². The number of ketones is 1. The highest BCUT2D eigenvalue weighted by Gasteiger charge is 2.50. The number of anilines is 2. The third kappa shape index (κ3) is 4.78. The summed E-state index contributed by atoms with van der Waals surface area (Å²) in [7, 11) is 0. The number of amides is 1. The Labute approximate surface area is 184 Å². The number of nitrogens with one attached hydrogen (secondary N) is 2. The Hall–Kier alpha value is -4.12. The van der Waals surface area contributed by atoms with Crippen molar-refractivity contribution in [3.63, 3.8) is 0 Å². The highest BCUT2D eigenvalue weighted by molar-refractivity contribution is 6.00. The van der Waals surface area contributed by atoms with Gasteiger partial charge in [0.05, 0.1) is 22.2 Å². The number of benzene rings is 2. The number of carbonyl (C=O) groups excluding carboxylic acids is 2. The van der Waals surface area contributed by atoms with E-state index in [0.717, 1.165) is 11.3 Å². The normalized spacial score (nSPS) is 13.6. The molecular formula is C24H20FN5O2. The number of carbonyl (C=O) groups is 2. The first-order chi connectivity index (χ1) is 15.5. The van der Waals surface area contributed by atoms with Gasteiger partial charge in [-0.1, -0.05) is 12.1 Å². The molecule has 0 aliphatic heterocycles. The summed E-state index contributed by atoms with van der Waals surface area (Å²) >= 11 is 0. The number of nitriles is 1. The van der Waals surface area contributed by atoms with E-state index in [9.17, 15) is 14.0 Å². The van der Waals surface area contributed by atoms with Gasteiger partial charge in [-0.2, -0.15) is 5.26 Å². The van der Waals surface area contributed by atoms with Gasteiger partial charge in [0.25, 0.3) is 0 Å². The maximum Gasteiger partial charge on any atom is 0.226 e. The molecule has 0 spiro atoms. The third-order valence-electron chi connectivity index (χ3n) is 5.50. The van der Waals surface area contributed by atoms with Crippen LogP contribution >= 0.6 is 0 Å². The van der Waals surface area contributed by atoms with Crippen LogP contribution in [0, 0.1) is 22.6 Å². The molecule has 1 aliphatic carbocycles. The number of hydrogen-bond acceptors (Lipinski definition) is 6. The first-order valence-corrected chi connectivity index (χ1v) is 10.1. The van der Waals surface area contributed by atoms with Crippen molar-refractivity contribution in [2.45, 2.75) is 25.8 Å². The van der Waals surface area contributed by atoms with Crippen molar-refractivity contribution in [2.75, 3.05) is 5.32 Å². The number of hydrogen-bond donors (Lipinski definition) is 2. The lowest BCUT2D eigenvalue weighted by Crippen LogP contribution is -2.33. The van der Waals surface area contributed by atoms with Gasteiger partial charge in [-0.25, -0.2) is 14.4 Å². The second-order valence-corrected chi connectivity index (χ2v) is 7.81. The highest BCUT2D eigenvalue weighted by Crippen LogP contribution is 2.49.